The van der Waals surface area contributed by atoms with E-state index < -0.39 is 0 Å². The SMILES string of the molecule is Fc1ccc2cccc(O[B]Oc3cccc4ccc(F)cc34)c2c1. The van der Waals surface area contributed by atoms with Gasteiger partial charge in [-0.05, 0) is 47.2 Å². The highest BCUT2D eigenvalue weighted by atomic mass is 19.1. The summed E-state index contributed by atoms with van der Waals surface area (Å²) < 4.78 is 38.1. The monoisotopic (exact) mass is 333 g/mol. The Kier molecular flexibility index (Phi) is 3.98. The maximum atomic E-state index is 13.5. The zero-order valence-corrected chi connectivity index (χ0v) is 13.1. The van der Waals surface area contributed by atoms with Gasteiger partial charge in [0, 0.05) is 10.8 Å². The average molecular weight is 333 g/mol. The molecular weight excluding hydrogens is 321 g/mol. The molecule has 0 spiro atoms. The summed E-state index contributed by atoms with van der Waals surface area (Å²) in [6.07, 6.45) is 0. The molecule has 2 nitrogen and oxygen atoms in total. The van der Waals surface area contributed by atoms with Crippen LogP contribution in [0.1, 0.15) is 0 Å². The van der Waals surface area contributed by atoms with Crippen LogP contribution in [0.25, 0.3) is 21.5 Å². The molecule has 25 heavy (non-hydrogen) atoms. The Morgan fingerprint density at radius 2 is 1.08 bits per heavy atom. The van der Waals surface area contributed by atoms with Crippen molar-refractivity contribution < 1.29 is 18.1 Å². The zero-order chi connectivity index (χ0) is 17.2. The molecule has 0 fully saturated rings. The van der Waals surface area contributed by atoms with Crippen molar-refractivity contribution in [2.75, 3.05) is 0 Å². The summed E-state index contributed by atoms with van der Waals surface area (Å²) in [6.45, 7) is 0. The lowest BCUT2D eigenvalue weighted by atomic mass is 10.1. The first-order valence-electron chi connectivity index (χ1n) is 7.72. The summed E-state index contributed by atoms with van der Waals surface area (Å²) in [7, 11) is 1.17. The summed E-state index contributed by atoms with van der Waals surface area (Å²) in [5.41, 5.74) is 0. The minimum atomic E-state index is -0.339. The van der Waals surface area contributed by atoms with Gasteiger partial charge in [-0.3, -0.25) is 0 Å². The van der Waals surface area contributed by atoms with E-state index in [4.69, 9.17) is 9.31 Å². The van der Waals surface area contributed by atoms with Gasteiger partial charge in [-0.25, -0.2) is 8.78 Å². The van der Waals surface area contributed by atoms with Crippen molar-refractivity contribution in [3.8, 4) is 11.5 Å². The van der Waals surface area contributed by atoms with Crippen LogP contribution in [0.5, 0.6) is 11.5 Å². The summed E-state index contributed by atoms with van der Waals surface area (Å²) >= 11 is 0. The molecular formula is C20H12BF2O2. The van der Waals surface area contributed by atoms with E-state index in [1.165, 1.54) is 32.0 Å². The Bertz CT molecular complexity index is 981. The topological polar surface area (TPSA) is 18.5 Å². The Morgan fingerprint density at radius 3 is 1.56 bits per heavy atom. The van der Waals surface area contributed by atoms with Crippen molar-refractivity contribution in [2.45, 2.75) is 0 Å². The molecule has 0 aliphatic rings. The van der Waals surface area contributed by atoms with Crippen LogP contribution >= 0.6 is 0 Å². The molecule has 0 aromatic heterocycles. The maximum absolute atomic E-state index is 13.5. The molecule has 4 aromatic carbocycles. The van der Waals surface area contributed by atoms with Crippen molar-refractivity contribution in [1.82, 2.24) is 0 Å². The largest absolute Gasteiger partial charge is 0.658 e. The van der Waals surface area contributed by atoms with Crippen molar-refractivity contribution in [3.63, 3.8) is 0 Å². The van der Waals surface area contributed by atoms with Crippen LogP contribution in [0.2, 0.25) is 0 Å². The first-order valence-corrected chi connectivity index (χ1v) is 7.72. The Balaban J connectivity index is 1.57. The Labute approximate surface area is 143 Å². The van der Waals surface area contributed by atoms with Gasteiger partial charge in [-0.2, -0.15) is 0 Å². The second-order valence-electron chi connectivity index (χ2n) is 5.58. The molecule has 0 N–H and O–H groups in total. The van der Waals surface area contributed by atoms with Crippen molar-refractivity contribution in [1.29, 1.82) is 0 Å². The van der Waals surface area contributed by atoms with Crippen LogP contribution in [0.3, 0.4) is 0 Å². The van der Waals surface area contributed by atoms with Crippen molar-refractivity contribution >= 4 is 29.2 Å². The smallest absolute Gasteiger partial charge is 0.526 e. The molecule has 0 aliphatic carbocycles. The van der Waals surface area contributed by atoms with Gasteiger partial charge >= 0.3 is 7.69 Å². The van der Waals surface area contributed by atoms with Crippen molar-refractivity contribution in [3.05, 3.63) is 84.4 Å². The maximum Gasteiger partial charge on any atom is 0.658 e. The van der Waals surface area contributed by atoms with Gasteiger partial charge in [-0.1, -0.05) is 36.4 Å². The lowest BCUT2D eigenvalue weighted by Gasteiger charge is -2.11. The van der Waals surface area contributed by atoms with Crippen LogP contribution in [0, 0.1) is 11.6 Å². The number of hydrogen-bond donors (Lipinski definition) is 0. The first kappa shape index (κ1) is 15.5. The molecule has 5 heteroatoms. The van der Waals surface area contributed by atoms with E-state index in [1.807, 2.05) is 24.3 Å². The number of benzene rings is 4. The predicted molar refractivity (Wildman–Crippen MR) is 94.8 cm³/mol. The van der Waals surface area contributed by atoms with E-state index in [-0.39, 0.29) is 11.6 Å². The molecule has 4 rings (SSSR count). The first-order chi connectivity index (χ1) is 12.2. The highest BCUT2D eigenvalue weighted by molar-refractivity contribution is 6.22. The van der Waals surface area contributed by atoms with Gasteiger partial charge in [0.1, 0.15) is 23.1 Å². The molecule has 0 bridgehead atoms. The summed E-state index contributed by atoms with van der Waals surface area (Å²) in [4.78, 5) is 0. The normalized spacial score (nSPS) is 10.8. The number of fused-ring (bicyclic) bond motifs is 2. The van der Waals surface area contributed by atoms with Crippen LogP contribution in [-0.2, 0) is 0 Å². The Hall–Kier alpha value is -3.08. The van der Waals surface area contributed by atoms with Gasteiger partial charge in [0.25, 0.3) is 0 Å². The fourth-order valence-electron chi connectivity index (χ4n) is 2.77. The highest BCUT2D eigenvalue weighted by Gasteiger charge is 2.09. The second-order valence-corrected chi connectivity index (χ2v) is 5.58. The van der Waals surface area contributed by atoms with Gasteiger partial charge in [0.05, 0.1) is 0 Å². The van der Waals surface area contributed by atoms with Crippen LogP contribution < -0.4 is 9.31 Å². The number of halogens is 2. The summed E-state index contributed by atoms with van der Waals surface area (Å²) in [5.74, 6) is 0.273. The van der Waals surface area contributed by atoms with Crippen LogP contribution in [0.4, 0.5) is 8.78 Å². The lowest BCUT2D eigenvalue weighted by Crippen LogP contribution is -2.11. The third-order valence-corrected chi connectivity index (χ3v) is 3.96. The van der Waals surface area contributed by atoms with E-state index >= 15 is 0 Å². The lowest BCUT2D eigenvalue weighted by molar-refractivity contribution is 0.464. The molecule has 0 atom stereocenters. The third-order valence-electron chi connectivity index (χ3n) is 3.96. The molecule has 0 saturated heterocycles. The van der Waals surface area contributed by atoms with Gasteiger partial charge in [-0.15, -0.1) is 0 Å². The number of rotatable bonds is 4. The van der Waals surface area contributed by atoms with Gasteiger partial charge in [0.15, 0.2) is 0 Å². The van der Waals surface area contributed by atoms with Crippen LogP contribution in [0.15, 0.2) is 72.8 Å². The number of hydrogen-bond acceptors (Lipinski definition) is 2. The second kappa shape index (κ2) is 6.44. The Morgan fingerprint density at radius 1 is 0.600 bits per heavy atom. The fraction of sp³-hybridized carbons (Fsp3) is 0. The van der Waals surface area contributed by atoms with E-state index in [0.29, 0.717) is 22.3 Å². The minimum Gasteiger partial charge on any atom is -0.526 e. The van der Waals surface area contributed by atoms with Gasteiger partial charge < -0.3 is 9.31 Å². The standard InChI is InChI=1S/C20H12BF2O2/c22-15-9-7-13-3-1-5-19(17(13)11-15)24-21-25-20-6-2-4-14-8-10-16(23)12-18(14)20/h1-12H. The fourth-order valence-corrected chi connectivity index (χ4v) is 2.77. The molecule has 4 aromatic rings. The van der Waals surface area contributed by atoms with Crippen LogP contribution in [-0.4, -0.2) is 7.69 Å². The van der Waals surface area contributed by atoms with E-state index in [1.54, 1.807) is 24.3 Å². The summed E-state index contributed by atoms with van der Waals surface area (Å²) in [6, 6.07) is 19.8. The molecule has 0 unspecified atom stereocenters. The molecule has 121 valence electrons. The summed E-state index contributed by atoms with van der Waals surface area (Å²) in [5, 5.41) is 3.01. The van der Waals surface area contributed by atoms with E-state index in [0.717, 1.165) is 10.8 Å². The average Bonchev–Trinajstić information content (AvgIpc) is 2.62. The quantitative estimate of drug-likeness (QED) is 0.474. The molecule has 0 amide bonds. The highest BCUT2D eigenvalue weighted by Crippen LogP contribution is 2.28. The molecule has 0 heterocycles. The van der Waals surface area contributed by atoms with E-state index in [9.17, 15) is 8.78 Å². The minimum absolute atomic E-state index is 0.339. The van der Waals surface area contributed by atoms with Gasteiger partial charge in [0.2, 0.25) is 0 Å². The predicted octanol–water partition coefficient (Wildman–Crippen LogP) is 5.26. The third kappa shape index (κ3) is 3.13. The van der Waals surface area contributed by atoms with E-state index in [2.05, 4.69) is 0 Å². The molecule has 0 saturated carbocycles. The molecule has 1 radical (unpaired) electrons. The zero-order valence-electron chi connectivity index (χ0n) is 13.1. The van der Waals surface area contributed by atoms with Crippen molar-refractivity contribution in [2.24, 2.45) is 0 Å². The molecule has 0 aliphatic heterocycles.